The van der Waals surface area contributed by atoms with Gasteiger partial charge in [0.05, 0.1) is 12.0 Å². The standard InChI is InChI=1S/C35H36N2O3/c38-30-15-18-32-29(25-30)19-22-37(35(39)33(26-9-3-1-4-10-26)27-11-5-2-6-12-27)34(32)28-13-16-31(17-14-28)40-24-23-36-20-7-8-21-36/h1-6,9-18,25,33-34,38H,7-8,19-24H2. The van der Waals surface area contributed by atoms with Crippen molar-refractivity contribution in [2.75, 3.05) is 32.8 Å². The van der Waals surface area contributed by atoms with Gasteiger partial charge in [-0.2, -0.15) is 0 Å². The van der Waals surface area contributed by atoms with Gasteiger partial charge in [0.25, 0.3) is 0 Å². The first-order valence-electron chi connectivity index (χ1n) is 14.3. The number of hydrogen-bond acceptors (Lipinski definition) is 4. The van der Waals surface area contributed by atoms with E-state index in [9.17, 15) is 9.90 Å². The van der Waals surface area contributed by atoms with Crippen molar-refractivity contribution in [3.05, 3.63) is 131 Å². The molecule has 0 aliphatic carbocycles. The Bertz CT molecular complexity index is 1380. The molecular weight excluding hydrogens is 496 g/mol. The highest BCUT2D eigenvalue weighted by atomic mass is 16.5. The van der Waals surface area contributed by atoms with Gasteiger partial charge in [0, 0.05) is 13.1 Å². The maximum absolute atomic E-state index is 14.5. The molecule has 5 nitrogen and oxygen atoms in total. The van der Waals surface area contributed by atoms with Crippen LogP contribution in [0, 0.1) is 0 Å². The third-order valence-corrected chi connectivity index (χ3v) is 8.22. The summed E-state index contributed by atoms with van der Waals surface area (Å²) in [7, 11) is 0. The van der Waals surface area contributed by atoms with Crippen LogP contribution in [0.1, 0.15) is 52.6 Å². The number of hydrogen-bond donors (Lipinski definition) is 1. The van der Waals surface area contributed by atoms with Crippen molar-refractivity contribution < 1.29 is 14.6 Å². The summed E-state index contributed by atoms with van der Waals surface area (Å²) in [4.78, 5) is 19.0. The van der Waals surface area contributed by atoms with E-state index in [0.29, 0.717) is 19.6 Å². The topological polar surface area (TPSA) is 53.0 Å². The molecule has 0 saturated carbocycles. The number of fused-ring (bicyclic) bond motifs is 1. The van der Waals surface area contributed by atoms with Crippen LogP contribution in [0.5, 0.6) is 11.5 Å². The van der Waals surface area contributed by atoms with E-state index in [1.165, 1.54) is 12.8 Å². The van der Waals surface area contributed by atoms with Crippen molar-refractivity contribution in [2.24, 2.45) is 0 Å². The van der Waals surface area contributed by atoms with Gasteiger partial charge in [0.15, 0.2) is 0 Å². The van der Waals surface area contributed by atoms with E-state index in [0.717, 1.165) is 53.2 Å². The van der Waals surface area contributed by atoms with Crippen LogP contribution >= 0.6 is 0 Å². The minimum Gasteiger partial charge on any atom is -0.508 e. The van der Waals surface area contributed by atoms with Gasteiger partial charge in [-0.15, -0.1) is 0 Å². The van der Waals surface area contributed by atoms with Gasteiger partial charge in [0.1, 0.15) is 18.1 Å². The molecule has 1 unspecified atom stereocenters. The predicted molar refractivity (Wildman–Crippen MR) is 158 cm³/mol. The van der Waals surface area contributed by atoms with E-state index in [2.05, 4.69) is 17.0 Å². The summed E-state index contributed by atoms with van der Waals surface area (Å²) in [5, 5.41) is 10.2. The van der Waals surface area contributed by atoms with E-state index in [1.807, 2.05) is 89.8 Å². The van der Waals surface area contributed by atoms with Crippen LogP contribution in [0.3, 0.4) is 0 Å². The molecule has 4 aromatic carbocycles. The second kappa shape index (κ2) is 12.0. The molecule has 1 atom stereocenters. The van der Waals surface area contributed by atoms with Gasteiger partial charge in [0.2, 0.25) is 5.91 Å². The summed E-state index contributed by atoms with van der Waals surface area (Å²) in [6.45, 7) is 4.52. The maximum Gasteiger partial charge on any atom is 0.235 e. The Morgan fingerprint density at radius 1 is 0.825 bits per heavy atom. The molecule has 1 amide bonds. The summed E-state index contributed by atoms with van der Waals surface area (Å²) in [6.07, 6.45) is 3.25. The lowest BCUT2D eigenvalue weighted by atomic mass is 9.84. The molecule has 204 valence electrons. The van der Waals surface area contributed by atoms with Crippen LogP contribution in [-0.4, -0.2) is 53.6 Å². The van der Waals surface area contributed by atoms with Crippen molar-refractivity contribution in [2.45, 2.75) is 31.2 Å². The number of carbonyl (C=O) groups is 1. The lowest BCUT2D eigenvalue weighted by molar-refractivity contribution is -0.134. The summed E-state index contributed by atoms with van der Waals surface area (Å²) in [5.74, 6) is 0.767. The van der Waals surface area contributed by atoms with Crippen molar-refractivity contribution in [1.29, 1.82) is 0 Å². The molecule has 6 rings (SSSR count). The van der Waals surface area contributed by atoms with Gasteiger partial charge in [-0.1, -0.05) is 78.9 Å². The second-order valence-electron chi connectivity index (χ2n) is 10.8. The van der Waals surface area contributed by atoms with Gasteiger partial charge >= 0.3 is 0 Å². The van der Waals surface area contributed by atoms with Crippen LogP contribution in [0.2, 0.25) is 0 Å². The summed E-state index contributed by atoms with van der Waals surface area (Å²) in [5.41, 5.74) is 5.13. The molecule has 1 saturated heterocycles. The smallest absolute Gasteiger partial charge is 0.235 e. The van der Waals surface area contributed by atoms with Gasteiger partial charge < -0.3 is 14.7 Å². The van der Waals surface area contributed by atoms with Gasteiger partial charge in [-0.05, 0) is 84.4 Å². The highest BCUT2D eigenvalue weighted by molar-refractivity contribution is 5.88. The lowest BCUT2D eigenvalue weighted by Gasteiger charge is -2.40. The average molecular weight is 533 g/mol. The summed E-state index contributed by atoms with van der Waals surface area (Å²) in [6, 6.07) is 33.6. The van der Waals surface area contributed by atoms with E-state index >= 15 is 0 Å². The number of benzene rings is 4. The van der Waals surface area contributed by atoms with E-state index in [4.69, 9.17) is 4.74 Å². The number of nitrogens with zero attached hydrogens (tertiary/aromatic N) is 2. The number of likely N-dealkylation sites (tertiary alicyclic amines) is 1. The molecule has 4 aromatic rings. The van der Waals surface area contributed by atoms with E-state index < -0.39 is 5.92 Å². The minimum absolute atomic E-state index is 0.0760. The molecule has 40 heavy (non-hydrogen) atoms. The van der Waals surface area contributed by atoms with Crippen LogP contribution in [0.15, 0.2) is 103 Å². The van der Waals surface area contributed by atoms with Crippen molar-refractivity contribution in [3.8, 4) is 11.5 Å². The van der Waals surface area contributed by atoms with Crippen molar-refractivity contribution in [3.63, 3.8) is 0 Å². The molecule has 5 heteroatoms. The normalized spacial score (nSPS) is 17.1. The molecule has 2 aliphatic rings. The number of carbonyl (C=O) groups excluding carboxylic acids is 1. The first kappa shape index (κ1) is 26.1. The molecular formula is C35H36N2O3. The molecule has 1 fully saturated rings. The zero-order valence-corrected chi connectivity index (χ0v) is 22.8. The lowest BCUT2D eigenvalue weighted by Crippen LogP contribution is -2.43. The highest BCUT2D eigenvalue weighted by Crippen LogP contribution is 2.40. The highest BCUT2D eigenvalue weighted by Gasteiger charge is 2.36. The number of phenolic OH excluding ortho intramolecular Hbond substituents is 1. The summed E-state index contributed by atoms with van der Waals surface area (Å²) >= 11 is 0. The monoisotopic (exact) mass is 532 g/mol. The van der Waals surface area contributed by atoms with Crippen LogP contribution in [-0.2, 0) is 11.2 Å². The number of phenols is 1. The quantitative estimate of drug-likeness (QED) is 0.295. The van der Waals surface area contributed by atoms with Gasteiger partial charge in [-0.25, -0.2) is 0 Å². The fraction of sp³-hybridized carbons (Fsp3) is 0.286. The molecule has 0 spiro atoms. The number of amides is 1. The Morgan fingerprint density at radius 3 is 2.12 bits per heavy atom. The Hall–Kier alpha value is -4.09. The third-order valence-electron chi connectivity index (χ3n) is 8.22. The Labute approximate surface area is 236 Å². The first-order chi connectivity index (χ1) is 19.7. The maximum atomic E-state index is 14.5. The molecule has 2 aliphatic heterocycles. The first-order valence-corrected chi connectivity index (χ1v) is 14.3. The van der Waals surface area contributed by atoms with Crippen LogP contribution < -0.4 is 4.74 Å². The minimum atomic E-state index is -0.406. The SMILES string of the molecule is O=C(C(c1ccccc1)c1ccccc1)N1CCc2cc(O)ccc2C1c1ccc(OCCN2CCCC2)cc1. The van der Waals surface area contributed by atoms with Crippen LogP contribution in [0.4, 0.5) is 0 Å². The zero-order valence-electron chi connectivity index (χ0n) is 22.8. The Kier molecular flexibility index (Phi) is 7.83. The molecule has 0 aromatic heterocycles. The molecule has 1 N–H and O–H groups in total. The number of aromatic hydroxyl groups is 1. The predicted octanol–water partition coefficient (Wildman–Crippen LogP) is 6.17. The third kappa shape index (κ3) is 5.61. The Balaban J connectivity index is 1.31. The molecule has 2 heterocycles. The fourth-order valence-corrected chi connectivity index (χ4v) is 6.19. The second-order valence-corrected chi connectivity index (χ2v) is 10.8. The zero-order chi connectivity index (χ0) is 27.3. The average Bonchev–Trinajstić information content (AvgIpc) is 3.52. The van der Waals surface area contributed by atoms with Crippen molar-refractivity contribution in [1.82, 2.24) is 9.80 Å². The van der Waals surface area contributed by atoms with Crippen molar-refractivity contribution >= 4 is 5.91 Å². The summed E-state index contributed by atoms with van der Waals surface area (Å²) < 4.78 is 6.07. The largest absolute Gasteiger partial charge is 0.508 e. The fourth-order valence-electron chi connectivity index (χ4n) is 6.19. The molecule has 0 bridgehead atoms. The Morgan fingerprint density at radius 2 is 1.48 bits per heavy atom. The van der Waals surface area contributed by atoms with E-state index in [-0.39, 0.29) is 17.7 Å². The van der Waals surface area contributed by atoms with Gasteiger partial charge in [-0.3, -0.25) is 9.69 Å². The number of ether oxygens (including phenoxy) is 1. The van der Waals surface area contributed by atoms with Crippen LogP contribution in [0.25, 0.3) is 0 Å². The van der Waals surface area contributed by atoms with E-state index in [1.54, 1.807) is 6.07 Å². The number of rotatable bonds is 8. The molecule has 0 radical (unpaired) electrons.